The summed E-state index contributed by atoms with van der Waals surface area (Å²) in [6.45, 7) is 4.27. The van der Waals surface area contributed by atoms with Crippen LogP contribution in [0.1, 0.15) is 43.2 Å². The molecule has 0 bridgehead atoms. The number of benzene rings is 2. The van der Waals surface area contributed by atoms with E-state index in [1.807, 2.05) is 43.3 Å². The van der Waals surface area contributed by atoms with Crippen LogP contribution in [0.4, 0.5) is 10.5 Å². The number of carbonyl (C=O) groups is 1. The number of hydrogen-bond donors (Lipinski definition) is 2. The predicted molar refractivity (Wildman–Crippen MR) is 124 cm³/mol. The summed E-state index contributed by atoms with van der Waals surface area (Å²) >= 11 is 6.01. The van der Waals surface area contributed by atoms with Crippen LogP contribution >= 0.6 is 11.6 Å². The maximum absolute atomic E-state index is 12.6. The monoisotopic (exact) mass is 425 g/mol. The number of nitrogens with one attached hydrogen (secondary N) is 2. The SMILES string of the molecule is Cc1ccccc1NC(=O)N[C@@H]1CCC[C@H]1N1CCC(Cc2ccc(Cl)cc2)CC1. The van der Waals surface area contributed by atoms with Crippen molar-refractivity contribution in [3.05, 3.63) is 64.7 Å². The summed E-state index contributed by atoms with van der Waals surface area (Å²) in [5.41, 5.74) is 3.34. The molecule has 2 N–H and O–H groups in total. The predicted octanol–water partition coefficient (Wildman–Crippen LogP) is 5.65. The van der Waals surface area contributed by atoms with Gasteiger partial charge >= 0.3 is 6.03 Å². The van der Waals surface area contributed by atoms with Gasteiger partial charge in [-0.2, -0.15) is 0 Å². The number of halogens is 1. The summed E-state index contributed by atoms with van der Waals surface area (Å²) in [6.07, 6.45) is 7.01. The lowest BCUT2D eigenvalue weighted by atomic mass is 9.89. The van der Waals surface area contributed by atoms with Crippen LogP contribution in [0.3, 0.4) is 0 Å². The number of likely N-dealkylation sites (tertiary alicyclic amines) is 1. The van der Waals surface area contributed by atoms with Crippen molar-refractivity contribution in [1.82, 2.24) is 10.2 Å². The number of rotatable bonds is 5. The van der Waals surface area contributed by atoms with Crippen molar-refractivity contribution in [3.8, 4) is 0 Å². The van der Waals surface area contributed by atoms with E-state index in [9.17, 15) is 4.79 Å². The first-order valence-electron chi connectivity index (χ1n) is 11.2. The van der Waals surface area contributed by atoms with E-state index < -0.39 is 0 Å². The smallest absolute Gasteiger partial charge is 0.319 e. The van der Waals surface area contributed by atoms with E-state index >= 15 is 0 Å². The second-order valence-electron chi connectivity index (χ2n) is 8.83. The maximum atomic E-state index is 12.6. The van der Waals surface area contributed by atoms with Gasteiger partial charge in [0.25, 0.3) is 0 Å². The van der Waals surface area contributed by atoms with Crippen LogP contribution in [0.25, 0.3) is 0 Å². The number of aryl methyl sites for hydroxylation is 1. The van der Waals surface area contributed by atoms with Crippen LogP contribution < -0.4 is 10.6 Å². The lowest BCUT2D eigenvalue weighted by Crippen LogP contribution is -2.52. The Balaban J connectivity index is 1.27. The van der Waals surface area contributed by atoms with Crippen molar-refractivity contribution in [3.63, 3.8) is 0 Å². The molecule has 5 heteroatoms. The van der Waals surface area contributed by atoms with Gasteiger partial charge in [-0.05, 0) is 93.8 Å². The number of piperidine rings is 1. The highest BCUT2D eigenvalue weighted by Crippen LogP contribution is 2.30. The number of anilines is 1. The average Bonchev–Trinajstić information content (AvgIpc) is 3.20. The van der Waals surface area contributed by atoms with Gasteiger partial charge in [0.2, 0.25) is 0 Å². The van der Waals surface area contributed by atoms with Gasteiger partial charge in [-0.1, -0.05) is 41.9 Å². The van der Waals surface area contributed by atoms with Crippen LogP contribution in [0.2, 0.25) is 5.02 Å². The van der Waals surface area contributed by atoms with Crippen molar-refractivity contribution >= 4 is 23.3 Å². The first-order valence-corrected chi connectivity index (χ1v) is 11.6. The fraction of sp³-hybridized carbons (Fsp3) is 0.480. The minimum atomic E-state index is -0.0844. The van der Waals surface area contributed by atoms with Crippen LogP contribution in [-0.4, -0.2) is 36.1 Å². The van der Waals surface area contributed by atoms with Crippen LogP contribution in [0.15, 0.2) is 48.5 Å². The number of carbonyl (C=O) groups excluding carboxylic acids is 1. The Labute approximate surface area is 185 Å². The third-order valence-electron chi connectivity index (χ3n) is 6.75. The molecule has 1 aliphatic heterocycles. The highest BCUT2D eigenvalue weighted by molar-refractivity contribution is 6.30. The van der Waals surface area contributed by atoms with E-state index in [2.05, 4.69) is 27.7 Å². The minimum absolute atomic E-state index is 0.0844. The molecule has 160 valence electrons. The van der Waals surface area contributed by atoms with E-state index in [0.717, 1.165) is 48.1 Å². The van der Waals surface area contributed by atoms with E-state index in [1.54, 1.807) is 0 Å². The van der Waals surface area contributed by atoms with Crippen LogP contribution in [-0.2, 0) is 6.42 Å². The second kappa shape index (κ2) is 9.84. The molecule has 0 spiro atoms. The van der Waals surface area contributed by atoms with Crippen molar-refractivity contribution in [2.75, 3.05) is 18.4 Å². The number of nitrogens with zero attached hydrogens (tertiary/aromatic N) is 1. The molecular weight excluding hydrogens is 394 g/mol. The Morgan fingerprint density at radius 3 is 2.50 bits per heavy atom. The Bertz CT molecular complexity index is 846. The molecule has 0 radical (unpaired) electrons. The molecule has 2 atom stereocenters. The number of hydrogen-bond acceptors (Lipinski definition) is 2. The zero-order valence-electron chi connectivity index (χ0n) is 17.7. The summed E-state index contributed by atoms with van der Waals surface area (Å²) in [6, 6.07) is 16.8. The molecule has 1 aliphatic carbocycles. The van der Waals surface area contributed by atoms with Crippen LogP contribution in [0.5, 0.6) is 0 Å². The maximum Gasteiger partial charge on any atom is 0.319 e. The molecule has 1 heterocycles. The molecule has 4 nitrogen and oxygen atoms in total. The second-order valence-corrected chi connectivity index (χ2v) is 9.26. The molecular formula is C25H32ClN3O. The topological polar surface area (TPSA) is 44.4 Å². The average molecular weight is 426 g/mol. The number of amides is 2. The van der Waals surface area contributed by atoms with Gasteiger partial charge in [0.1, 0.15) is 0 Å². The lowest BCUT2D eigenvalue weighted by Gasteiger charge is -2.38. The van der Waals surface area contributed by atoms with Crippen LogP contribution in [0, 0.1) is 12.8 Å². The molecule has 30 heavy (non-hydrogen) atoms. The molecule has 1 saturated carbocycles. The van der Waals surface area contributed by atoms with E-state index in [4.69, 9.17) is 11.6 Å². The van der Waals surface area contributed by atoms with Gasteiger partial charge < -0.3 is 10.6 Å². The minimum Gasteiger partial charge on any atom is -0.334 e. The fourth-order valence-electron chi connectivity index (χ4n) is 5.03. The lowest BCUT2D eigenvalue weighted by molar-refractivity contribution is 0.119. The summed E-state index contributed by atoms with van der Waals surface area (Å²) in [5.74, 6) is 0.736. The van der Waals surface area contributed by atoms with Gasteiger partial charge in [-0.15, -0.1) is 0 Å². The van der Waals surface area contributed by atoms with E-state index in [1.165, 1.54) is 31.2 Å². The molecule has 2 aliphatic rings. The van der Waals surface area contributed by atoms with Gasteiger partial charge in [0.15, 0.2) is 0 Å². The third kappa shape index (κ3) is 5.35. The summed E-state index contributed by atoms with van der Waals surface area (Å²) < 4.78 is 0. The fourth-order valence-corrected chi connectivity index (χ4v) is 5.15. The van der Waals surface area contributed by atoms with Crippen molar-refractivity contribution in [2.45, 2.75) is 57.5 Å². The molecule has 2 aromatic carbocycles. The van der Waals surface area contributed by atoms with Gasteiger partial charge in [0, 0.05) is 22.8 Å². The summed E-state index contributed by atoms with van der Waals surface area (Å²) in [7, 11) is 0. The Morgan fingerprint density at radius 1 is 1.03 bits per heavy atom. The highest BCUT2D eigenvalue weighted by Gasteiger charge is 2.35. The van der Waals surface area contributed by atoms with Crippen molar-refractivity contribution in [1.29, 1.82) is 0 Å². The first-order chi connectivity index (χ1) is 14.6. The standard InChI is InChI=1S/C25H32ClN3O/c1-18-5-2-3-6-22(18)27-25(30)28-23-7-4-8-24(23)29-15-13-20(14-16-29)17-19-9-11-21(26)12-10-19/h2-3,5-6,9-12,20,23-24H,4,7-8,13-17H2,1H3,(H2,27,28,30)/t23-,24-/m1/s1. The van der Waals surface area contributed by atoms with Gasteiger partial charge in [-0.3, -0.25) is 4.90 Å². The van der Waals surface area contributed by atoms with Gasteiger partial charge in [0.05, 0.1) is 0 Å². The van der Waals surface area contributed by atoms with E-state index in [-0.39, 0.29) is 12.1 Å². The molecule has 0 aromatic heterocycles. The summed E-state index contributed by atoms with van der Waals surface area (Å²) in [5, 5.41) is 7.08. The summed E-state index contributed by atoms with van der Waals surface area (Å²) in [4.78, 5) is 15.2. The number of urea groups is 1. The van der Waals surface area contributed by atoms with Gasteiger partial charge in [-0.25, -0.2) is 4.79 Å². The third-order valence-corrected chi connectivity index (χ3v) is 7.00. The molecule has 2 fully saturated rings. The molecule has 0 unspecified atom stereocenters. The van der Waals surface area contributed by atoms with E-state index in [0.29, 0.717) is 6.04 Å². The van der Waals surface area contributed by atoms with Crippen molar-refractivity contribution in [2.24, 2.45) is 5.92 Å². The Kier molecular flexibility index (Phi) is 6.96. The van der Waals surface area contributed by atoms with Crippen molar-refractivity contribution < 1.29 is 4.79 Å². The zero-order valence-corrected chi connectivity index (χ0v) is 18.5. The zero-order chi connectivity index (χ0) is 20.9. The molecule has 2 amide bonds. The normalized spacial score (nSPS) is 22.7. The molecule has 2 aromatic rings. The molecule has 1 saturated heterocycles. The largest absolute Gasteiger partial charge is 0.334 e. The Hall–Kier alpha value is -2.04. The highest BCUT2D eigenvalue weighted by atomic mass is 35.5. The Morgan fingerprint density at radius 2 is 1.77 bits per heavy atom. The molecule has 4 rings (SSSR count). The first kappa shape index (κ1) is 21.2. The quantitative estimate of drug-likeness (QED) is 0.650. The number of para-hydroxylation sites is 1.